The molecule has 0 bridgehead atoms. The maximum Gasteiger partial charge on any atom is 0.259 e. The van der Waals surface area contributed by atoms with Gasteiger partial charge in [-0.3, -0.25) is 4.79 Å². The number of hydrogen-bond donors (Lipinski definition) is 0. The minimum absolute atomic E-state index is 0.0229. The van der Waals surface area contributed by atoms with E-state index in [0.717, 1.165) is 0 Å². The molecule has 0 aliphatic carbocycles. The van der Waals surface area contributed by atoms with Crippen LogP contribution in [0.4, 0.5) is 0 Å². The lowest BCUT2D eigenvalue weighted by molar-refractivity contribution is -0.0586. The van der Waals surface area contributed by atoms with Crippen molar-refractivity contribution in [3.8, 4) is 11.3 Å². The van der Waals surface area contributed by atoms with Crippen LogP contribution in [0.2, 0.25) is 10.0 Å². The van der Waals surface area contributed by atoms with Crippen molar-refractivity contribution >= 4 is 29.1 Å². The van der Waals surface area contributed by atoms with Crippen molar-refractivity contribution in [1.82, 2.24) is 10.1 Å². The second-order valence-corrected chi connectivity index (χ2v) is 6.84. The summed E-state index contributed by atoms with van der Waals surface area (Å²) in [6, 6.07) is 5.16. The lowest BCUT2D eigenvalue weighted by atomic mass is 10.0. The standard InChI is InChI=1S/C17H18Cl2N2O3/c1-9-7-21(8-10(2)23-9)17(22)14-11(3)24-20-16(14)15-12(18)5-4-6-13(15)19/h4-6,9-10H,7-8H2,1-3H3/t9-,10-/m1/s1. The summed E-state index contributed by atoms with van der Waals surface area (Å²) in [5.74, 6) is 0.291. The SMILES string of the molecule is Cc1onc(-c2c(Cl)cccc2Cl)c1C(=O)N1C[C@@H](C)O[C@H](C)C1. The molecule has 1 aromatic carbocycles. The molecular weight excluding hydrogens is 351 g/mol. The molecule has 5 nitrogen and oxygen atoms in total. The number of aryl methyl sites for hydroxylation is 1. The zero-order valence-electron chi connectivity index (χ0n) is 13.7. The highest BCUT2D eigenvalue weighted by Gasteiger charge is 2.32. The van der Waals surface area contributed by atoms with Crippen LogP contribution in [-0.4, -0.2) is 41.3 Å². The van der Waals surface area contributed by atoms with Crippen LogP contribution in [-0.2, 0) is 4.74 Å². The van der Waals surface area contributed by atoms with Crippen molar-refractivity contribution in [1.29, 1.82) is 0 Å². The van der Waals surface area contributed by atoms with Gasteiger partial charge in [0.1, 0.15) is 17.0 Å². The first-order valence-corrected chi connectivity index (χ1v) is 8.49. The molecule has 2 aromatic rings. The van der Waals surface area contributed by atoms with E-state index in [1.54, 1.807) is 30.0 Å². The van der Waals surface area contributed by atoms with Gasteiger partial charge in [0.05, 0.1) is 22.3 Å². The molecule has 0 unspecified atom stereocenters. The fraction of sp³-hybridized carbons (Fsp3) is 0.412. The molecule has 128 valence electrons. The molecule has 1 amide bonds. The highest BCUT2D eigenvalue weighted by molar-refractivity contribution is 6.39. The number of benzene rings is 1. The van der Waals surface area contributed by atoms with Gasteiger partial charge in [-0.2, -0.15) is 0 Å². The Labute approximate surface area is 150 Å². The van der Waals surface area contributed by atoms with Crippen LogP contribution < -0.4 is 0 Å². The molecule has 1 aliphatic heterocycles. The van der Waals surface area contributed by atoms with Gasteiger partial charge < -0.3 is 14.2 Å². The molecule has 1 fully saturated rings. The summed E-state index contributed by atoms with van der Waals surface area (Å²) in [5.41, 5.74) is 1.28. The van der Waals surface area contributed by atoms with E-state index >= 15 is 0 Å². The average molecular weight is 369 g/mol. The van der Waals surface area contributed by atoms with Crippen LogP contribution in [0.25, 0.3) is 11.3 Å². The molecular formula is C17H18Cl2N2O3. The van der Waals surface area contributed by atoms with Crippen molar-refractivity contribution in [2.45, 2.75) is 33.0 Å². The predicted octanol–water partition coefficient (Wildman–Crippen LogP) is 4.21. The third-order valence-electron chi connectivity index (χ3n) is 3.98. The Bertz CT molecular complexity index is 745. The van der Waals surface area contributed by atoms with E-state index in [4.69, 9.17) is 32.5 Å². The monoisotopic (exact) mass is 368 g/mol. The molecule has 3 rings (SSSR count). The van der Waals surface area contributed by atoms with Crippen molar-refractivity contribution < 1.29 is 14.1 Å². The van der Waals surface area contributed by atoms with E-state index in [2.05, 4.69) is 5.16 Å². The van der Waals surface area contributed by atoms with Crippen LogP contribution in [0.5, 0.6) is 0 Å². The Balaban J connectivity index is 2.03. The van der Waals surface area contributed by atoms with E-state index in [9.17, 15) is 4.79 Å². The third kappa shape index (κ3) is 3.16. The van der Waals surface area contributed by atoms with Crippen LogP contribution in [0.15, 0.2) is 22.7 Å². The largest absolute Gasteiger partial charge is 0.372 e. The van der Waals surface area contributed by atoms with Gasteiger partial charge in [-0.15, -0.1) is 0 Å². The lowest BCUT2D eigenvalue weighted by Crippen LogP contribution is -2.48. The number of morpholine rings is 1. The van der Waals surface area contributed by atoms with Crippen molar-refractivity contribution in [3.63, 3.8) is 0 Å². The topological polar surface area (TPSA) is 55.6 Å². The van der Waals surface area contributed by atoms with Gasteiger partial charge in [0.2, 0.25) is 0 Å². The molecule has 0 spiro atoms. The summed E-state index contributed by atoms with van der Waals surface area (Å²) in [5, 5.41) is 4.89. The number of rotatable bonds is 2. The molecule has 7 heteroatoms. The normalized spacial score (nSPS) is 21.1. The second-order valence-electron chi connectivity index (χ2n) is 6.03. The van der Waals surface area contributed by atoms with Gasteiger partial charge in [-0.05, 0) is 32.9 Å². The Kier molecular flexibility index (Phi) is 4.85. The summed E-state index contributed by atoms with van der Waals surface area (Å²) in [4.78, 5) is 14.8. The van der Waals surface area contributed by atoms with E-state index in [1.807, 2.05) is 13.8 Å². The van der Waals surface area contributed by atoms with Crippen LogP contribution in [0, 0.1) is 6.92 Å². The summed E-state index contributed by atoms with van der Waals surface area (Å²) in [6.45, 7) is 6.64. The fourth-order valence-corrected chi connectivity index (χ4v) is 3.60. The van der Waals surface area contributed by atoms with Crippen LogP contribution in [0.3, 0.4) is 0 Å². The van der Waals surface area contributed by atoms with Gasteiger partial charge in [-0.1, -0.05) is 34.4 Å². The first kappa shape index (κ1) is 17.3. The van der Waals surface area contributed by atoms with Crippen molar-refractivity contribution in [2.24, 2.45) is 0 Å². The molecule has 2 heterocycles. The fourth-order valence-electron chi connectivity index (χ4n) is 3.02. The lowest BCUT2D eigenvalue weighted by Gasteiger charge is -2.35. The predicted molar refractivity (Wildman–Crippen MR) is 92.6 cm³/mol. The highest BCUT2D eigenvalue weighted by Crippen LogP contribution is 2.37. The third-order valence-corrected chi connectivity index (χ3v) is 4.61. The Morgan fingerprint density at radius 1 is 1.21 bits per heavy atom. The number of amides is 1. The minimum atomic E-state index is -0.151. The zero-order valence-corrected chi connectivity index (χ0v) is 15.2. The molecule has 1 saturated heterocycles. The summed E-state index contributed by atoms with van der Waals surface area (Å²) >= 11 is 12.5. The van der Waals surface area contributed by atoms with E-state index in [1.165, 1.54) is 0 Å². The Morgan fingerprint density at radius 2 is 1.79 bits per heavy atom. The number of carbonyl (C=O) groups excluding carboxylic acids is 1. The molecule has 24 heavy (non-hydrogen) atoms. The average Bonchev–Trinajstić information content (AvgIpc) is 2.87. The van der Waals surface area contributed by atoms with Crippen molar-refractivity contribution in [3.05, 3.63) is 39.6 Å². The Morgan fingerprint density at radius 3 is 2.38 bits per heavy atom. The first-order valence-electron chi connectivity index (χ1n) is 7.74. The van der Waals surface area contributed by atoms with Gasteiger partial charge in [0.25, 0.3) is 5.91 Å². The second kappa shape index (κ2) is 6.75. The number of halogens is 2. The summed E-state index contributed by atoms with van der Waals surface area (Å²) in [7, 11) is 0. The van der Waals surface area contributed by atoms with Crippen LogP contribution >= 0.6 is 23.2 Å². The number of hydrogen-bond acceptors (Lipinski definition) is 4. The quantitative estimate of drug-likeness (QED) is 0.796. The smallest absolute Gasteiger partial charge is 0.259 e. The van der Waals surface area contributed by atoms with Gasteiger partial charge in [0.15, 0.2) is 0 Å². The van der Waals surface area contributed by atoms with E-state index in [0.29, 0.717) is 45.7 Å². The maximum atomic E-state index is 13.1. The minimum Gasteiger partial charge on any atom is -0.372 e. The summed E-state index contributed by atoms with van der Waals surface area (Å²) < 4.78 is 11.0. The van der Waals surface area contributed by atoms with E-state index < -0.39 is 0 Å². The zero-order chi connectivity index (χ0) is 17.4. The molecule has 0 radical (unpaired) electrons. The summed E-state index contributed by atoms with van der Waals surface area (Å²) in [6.07, 6.45) is -0.0459. The van der Waals surface area contributed by atoms with Gasteiger partial charge >= 0.3 is 0 Å². The molecule has 2 atom stereocenters. The van der Waals surface area contributed by atoms with Gasteiger partial charge in [-0.25, -0.2) is 0 Å². The Hall–Kier alpha value is -1.56. The number of ether oxygens (including phenoxy) is 1. The number of nitrogens with zero attached hydrogens (tertiary/aromatic N) is 2. The molecule has 0 N–H and O–H groups in total. The van der Waals surface area contributed by atoms with E-state index in [-0.39, 0.29) is 18.1 Å². The first-order chi connectivity index (χ1) is 11.4. The van der Waals surface area contributed by atoms with Crippen LogP contribution in [0.1, 0.15) is 30.0 Å². The highest BCUT2D eigenvalue weighted by atomic mass is 35.5. The van der Waals surface area contributed by atoms with Gasteiger partial charge in [0, 0.05) is 18.7 Å². The molecule has 0 saturated carbocycles. The van der Waals surface area contributed by atoms with Crippen molar-refractivity contribution in [2.75, 3.05) is 13.1 Å². The number of aromatic nitrogens is 1. The number of carbonyl (C=O) groups is 1. The molecule has 1 aliphatic rings. The molecule has 1 aromatic heterocycles. The maximum absolute atomic E-state index is 13.1.